The Balaban J connectivity index is 1.38. The molecule has 3 aromatic rings. The third-order valence-electron chi connectivity index (χ3n) is 6.49. The first-order valence-corrected chi connectivity index (χ1v) is 12.0. The van der Waals surface area contributed by atoms with E-state index in [0.29, 0.717) is 43.6 Å². The number of amides is 2. The van der Waals surface area contributed by atoms with Gasteiger partial charge in [-0.05, 0) is 30.2 Å². The molecule has 35 heavy (non-hydrogen) atoms. The quantitative estimate of drug-likeness (QED) is 0.598. The van der Waals surface area contributed by atoms with Crippen molar-refractivity contribution in [1.29, 1.82) is 0 Å². The highest BCUT2D eigenvalue weighted by atomic mass is 16.5. The van der Waals surface area contributed by atoms with E-state index in [1.165, 1.54) is 0 Å². The molecule has 9 nitrogen and oxygen atoms in total. The van der Waals surface area contributed by atoms with Gasteiger partial charge in [0.2, 0.25) is 5.91 Å². The van der Waals surface area contributed by atoms with E-state index in [1.807, 2.05) is 68.4 Å². The Hall–Kier alpha value is -3.72. The molecule has 5 rings (SSSR count). The van der Waals surface area contributed by atoms with Crippen molar-refractivity contribution >= 4 is 28.5 Å². The molecule has 1 unspecified atom stereocenters. The van der Waals surface area contributed by atoms with Crippen molar-refractivity contribution in [3.63, 3.8) is 0 Å². The monoisotopic (exact) mass is 474 g/mol. The molecule has 182 valence electrons. The fourth-order valence-electron chi connectivity index (χ4n) is 4.55. The number of aromatic nitrogens is 2. The van der Waals surface area contributed by atoms with Gasteiger partial charge in [0.05, 0.1) is 18.6 Å². The zero-order chi connectivity index (χ0) is 24.4. The zero-order valence-electron chi connectivity index (χ0n) is 20.0. The number of nitrogens with one attached hydrogen (secondary N) is 2. The van der Waals surface area contributed by atoms with Gasteiger partial charge in [-0.2, -0.15) is 0 Å². The van der Waals surface area contributed by atoms with Gasteiger partial charge in [-0.15, -0.1) is 0 Å². The fraction of sp³-hybridized carbons (Fsp3) is 0.385. The topological polar surface area (TPSA) is 99.7 Å². The normalized spacial score (nSPS) is 20.7. The number of carbonyl (C=O) groups is 2. The van der Waals surface area contributed by atoms with Crippen LogP contribution in [0.15, 0.2) is 54.6 Å². The number of piperazine rings is 1. The summed E-state index contributed by atoms with van der Waals surface area (Å²) >= 11 is 0. The van der Waals surface area contributed by atoms with Crippen LogP contribution in [-0.4, -0.2) is 70.0 Å². The summed E-state index contributed by atoms with van der Waals surface area (Å²) in [6.45, 7) is 5.93. The molecule has 0 radical (unpaired) electrons. The third kappa shape index (κ3) is 5.05. The van der Waals surface area contributed by atoms with Crippen LogP contribution in [0.2, 0.25) is 0 Å². The molecule has 1 saturated heterocycles. The van der Waals surface area contributed by atoms with E-state index in [9.17, 15) is 9.59 Å². The number of hydrogen-bond donors (Lipinski definition) is 2. The summed E-state index contributed by atoms with van der Waals surface area (Å²) in [5.41, 5.74) is 0.840. The van der Waals surface area contributed by atoms with Gasteiger partial charge in [-0.1, -0.05) is 44.2 Å². The summed E-state index contributed by atoms with van der Waals surface area (Å²) in [6.07, 6.45) is -0.350. The molecule has 2 aliphatic heterocycles. The van der Waals surface area contributed by atoms with Gasteiger partial charge in [0.1, 0.15) is 29.6 Å². The first-order valence-electron chi connectivity index (χ1n) is 12.0. The van der Waals surface area contributed by atoms with Crippen molar-refractivity contribution in [3.8, 4) is 5.75 Å². The van der Waals surface area contributed by atoms with Gasteiger partial charge >= 0.3 is 0 Å². The van der Waals surface area contributed by atoms with E-state index in [4.69, 9.17) is 14.7 Å². The SMILES string of the molecule is CC(C)[C@@H]1Nc2nc(nc3ccccc23)CN2CCN(C(=O)COc3ccccc3)CC2NC1=O. The van der Waals surface area contributed by atoms with Crippen LogP contribution in [0, 0.1) is 5.92 Å². The number of nitrogens with zero attached hydrogens (tertiary/aromatic N) is 4. The molecule has 2 amide bonds. The second kappa shape index (κ2) is 9.87. The maximum atomic E-state index is 13.4. The number of hydrogen-bond acceptors (Lipinski definition) is 7. The van der Waals surface area contributed by atoms with E-state index < -0.39 is 6.04 Å². The molecule has 2 N–H and O–H groups in total. The van der Waals surface area contributed by atoms with Crippen LogP contribution in [-0.2, 0) is 16.1 Å². The van der Waals surface area contributed by atoms with Crippen molar-refractivity contribution in [1.82, 2.24) is 25.1 Å². The fourth-order valence-corrected chi connectivity index (χ4v) is 4.55. The smallest absolute Gasteiger partial charge is 0.260 e. The predicted octanol–water partition coefficient (Wildman–Crippen LogP) is 2.25. The van der Waals surface area contributed by atoms with E-state index >= 15 is 0 Å². The van der Waals surface area contributed by atoms with E-state index in [1.54, 1.807) is 4.90 Å². The highest BCUT2D eigenvalue weighted by Gasteiger charge is 2.35. The number of benzene rings is 2. The van der Waals surface area contributed by atoms with Gasteiger partial charge < -0.3 is 20.3 Å². The molecule has 2 aliphatic rings. The van der Waals surface area contributed by atoms with Crippen molar-refractivity contribution < 1.29 is 14.3 Å². The van der Waals surface area contributed by atoms with Crippen LogP contribution in [0.25, 0.3) is 10.9 Å². The Labute approximate surface area is 204 Å². The second-order valence-corrected chi connectivity index (χ2v) is 9.31. The molecule has 0 saturated carbocycles. The number of fused-ring (bicyclic) bond motifs is 5. The molecule has 0 aliphatic carbocycles. The summed E-state index contributed by atoms with van der Waals surface area (Å²) < 4.78 is 5.66. The lowest BCUT2D eigenvalue weighted by molar-refractivity contribution is -0.139. The Kier molecular flexibility index (Phi) is 6.50. The number of anilines is 1. The van der Waals surface area contributed by atoms with Crippen molar-refractivity contribution in [2.24, 2.45) is 5.92 Å². The van der Waals surface area contributed by atoms with Gasteiger partial charge in [-0.3, -0.25) is 14.5 Å². The largest absolute Gasteiger partial charge is 0.484 e. The van der Waals surface area contributed by atoms with Crippen LogP contribution in [0.3, 0.4) is 0 Å². The summed E-state index contributed by atoms with van der Waals surface area (Å²) in [6, 6.07) is 16.6. The minimum absolute atomic E-state index is 0.0284. The maximum absolute atomic E-state index is 13.4. The van der Waals surface area contributed by atoms with Gasteiger partial charge in [0.25, 0.3) is 5.91 Å². The highest BCUT2D eigenvalue weighted by Crippen LogP contribution is 2.24. The lowest BCUT2D eigenvalue weighted by atomic mass is 10.0. The van der Waals surface area contributed by atoms with Gasteiger partial charge in [0.15, 0.2) is 6.61 Å². The lowest BCUT2D eigenvalue weighted by Crippen LogP contribution is -2.63. The van der Waals surface area contributed by atoms with Crippen molar-refractivity contribution in [2.75, 3.05) is 31.6 Å². The Morgan fingerprint density at radius 3 is 2.63 bits per heavy atom. The molecule has 3 heterocycles. The Morgan fingerprint density at radius 2 is 1.83 bits per heavy atom. The molecule has 2 atom stereocenters. The van der Waals surface area contributed by atoms with E-state index in [2.05, 4.69) is 15.5 Å². The van der Waals surface area contributed by atoms with Crippen LogP contribution in [0.4, 0.5) is 5.82 Å². The number of rotatable bonds is 4. The standard InChI is InChI=1S/C26H30N6O3/c1-17(2)24-26(34)29-22-15-32(23(33)16-35-18-8-4-3-5-9-18)13-12-31(22)14-21-27-20-11-7-6-10-19(20)25(28-21)30-24/h3-11,17,22,24H,12-16H2,1-2H3,(H,29,34)(H,27,28,30)/t22?,24-/m0/s1. The Bertz CT molecular complexity index is 1220. The Morgan fingerprint density at radius 1 is 1.06 bits per heavy atom. The molecule has 0 spiro atoms. The van der Waals surface area contributed by atoms with E-state index in [0.717, 1.165) is 10.9 Å². The first-order chi connectivity index (χ1) is 17.0. The van der Waals surface area contributed by atoms with Crippen LogP contribution >= 0.6 is 0 Å². The molecule has 2 aromatic carbocycles. The van der Waals surface area contributed by atoms with Crippen molar-refractivity contribution in [3.05, 3.63) is 60.4 Å². The first kappa shape index (κ1) is 23.0. The average Bonchev–Trinajstić information content (AvgIpc) is 2.86. The predicted molar refractivity (Wildman–Crippen MR) is 133 cm³/mol. The lowest BCUT2D eigenvalue weighted by Gasteiger charge is -2.42. The minimum Gasteiger partial charge on any atom is -0.484 e. The maximum Gasteiger partial charge on any atom is 0.260 e. The molecule has 9 heteroatoms. The van der Waals surface area contributed by atoms with Crippen molar-refractivity contribution in [2.45, 2.75) is 32.6 Å². The summed E-state index contributed by atoms with van der Waals surface area (Å²) in [7, 11) is 0. The summed E-state index contributed by atoms with van der Waals surface area (Å²) in [4.78, 5) is 39.7. The van der Waals surface area contributed by atoms with E-state index in [-0.39, 0.29) is 30.5 Å². The van der Waals surface area contributed by atoms with Gasteiger partial charge in [-0.25, -0.2) is 9.97 Å². The molecular weight excluding hydrogens is 444 g/mol. The minimum atomic E-state index is -0.478. The van der Waals surface area contributed by atoms with Crippen LogP contribution in [0.1, 0.15) is 19.7 Å². The number of carbonyl (C=O) groups excluding carboxylic acids is 2. The average molecular weight is 475 g/mol. The van der Waals surface area contributed by atoms with Crippen LogP contribution < -0.4 is 15.4 Å². The zero-order valence-corrected chi connectivity index (χ0v) is 20.0. The number of ether oxygens (including phenoxy) is 1. The summed E-state index contributed by atoms with van der Waals surface area (Å²) in [5, 5.41) is 7.43. The molecular formula is C26H30N6O3. The summed E-state index contributed by atoms with van der Waals surface area (Å²) in [5.74, 6) is 1.81. The van der Waals surface area contributed by atoms with Crippen LogP contribution in [0.5, 0.6) is 5.75 Å². The third-order valence-corrected chi connectivity index (χ3v) is 6.49. The molecule has 1 fully saturated rings. The molecule has 1 aromatic heterocycles. The molecule has 2 bridgehead atoms. The number of para-hydroxylation sites is 2. The highest BCUT2D eigenvalue weighted by molar-refractivity contribution is 5.92. The van der Waals surface area contributed by atoms with Gasteiger partial charge in [0, 0.05) is 18.5 Å². The second-order valence-electron chi connectivity index (χ2n) is 9.31.